The van der Waals surface area contributed by atoms with E-state index in [9.17, 15) is 14.7 Å². The summed E-state index contributed by atoms with van der Waals surface area (Å²) in [6, 6.07) is 9.98. The highest BCUT2D eigenvalue weighted by Crippen LogP contribution is 2.31. The van der Waals surface area contributed by atoms with Crippen LogP contribution in [0.3, 0.4) is 0 Å². The minimum Gasteiger partial charge on any atom is -0.505 e. The van der Waals surface area contributed by atoms with Crippen LogP contribution in [0.2, 0.25) is 0 Å². The quantitative estimate of drug-likeness (QED) is 0.687. The Balaban J connectivity index is 1.94. The van der Waals surface area contributed by atoms with E-state index in [1.54, 1.807) is 13.1 Å². The van der Waals surface area contributed by atoms with Gasteiger partial charge in [0.05, 0.1) is 12.1 Å². The Bertz CT molecular complexity index is 1090. The van der Waals surface area contributed by atoms with Gasteiger partial charge in [0.15, 0.2) is 11.3 Å². The predicted molar refractivity (Wildman–Crippen MR) is 101 cm³/mol. The lowest BCUT2D eigenvalue weighted by Crippen LogP contribution is -2.38. The molecule has 7 heteroatoms. The molecule has 27 heavy (non-hydrogen) atoms. The zero-order chi connectivity index (χ0) is 19.0. The number of nitrogens with one attached hydrogen (secondary N) is 1. The van der Waals surface area contributed by atoms with Gasteiger partial charge in [0.25, 0.3) is 5.56 Å². The summed E-state index contributed by atoms with van der Waals surface area (Å²) < 4.78 is 6.23. The van der Waals surface area contributed by atoms with Gasteiger partial charge in [-0.05, 0) is 36.5 Å². The molecular formula is C20H19N3O4. The van der Waals surface area contributed by atoms with Gasteiger partial charge in [-0.3, -0.25) is 9.78 Å². The van der Waals surface area contributed by atoms with E-state index in [1.807, 2.05) is 30.3 Å². The van der Waals surface area contributed by atoms with Crippen molar-refractivity contribution in [2.24, 2.45) is 0 Å². The lowest BCUT2D eigenvalue weighted by molar-refractivity contribution is 0.0520. The summed E-state index contributed by atoms with van der Waals surface area (Å²) in [5.74, 6) is -1.28. The number of aromatic hydroxyl groups is 1. The number of benzene rings is 1. The molecule has 138 valence electrons. The molecule has 0 bridgehead atoms. The SMILES string of the molecule is CCOC(=O)c1c(O)c2ncc(Cc3ccccc3)c3c2n(c1=O)NCC3. The molecule has 0 saturated heterocycles. The van der Waals surface area contributed by atoms with Crippen molar-refractivity contribution in [3.05, 3.63) is 69.1 Å². The molecule has 0 unspecified atom stereocenters. The molecule has 0 atom stereocenters. The van der Waals surface area contributed by atoms with Crippen LogP contribution in [0.1, 0.15) is 34.0 Å². The third-order valence-electron chi connectivity index (χ3n) is 4.71. The number of rotatable bonds is 4. The molecule has 3 heterocycles. The highest BCUT2D eigenvalue weighted by Gasteiger charge is 2.28. The fraction of sp³-hybridized carbons (Fsp3) is 0.250. The molecular weight excluding hydrogens is 346 g/mol. The van der Waals surface area contributed by atoms with Crippen molar-refractivity contribution in [3.63, 3.8) is 0 Å². The van der Waals surface area contributed by atoms with Crippen LogP contribution < -0.4 is 11.0 Å². The second-order valence-corrected chi connectivity index (χ2v) is 6.36. The van der Waals surface area contributed by atoms with Crippen LogP contribution in [0.15, 0.2) is 41.3 Å². The minimum atomic E-state index is -0.852. The molecule has 1 aliphatic heterocycles. The monoisotopic (exact) mass is 365 g/mol. The number of carbonyl (C=O) groups is 1. The first-order chi connectivity index (χ1) is 13.1. The molecule has 2 aromatic heterocycles. The van der Waals surface area contributed by atoms with Crippen molar-refractivity contribution >= 4 is 17.0 Å². The van der Waals surface area contributed by atoms with Crippen molar-refractivity contribution in [2.45, 2.75) is 19.8 Å². The number of aromatic nitrogens is 2. The molecule has 0 amide bonds. The van der Waals surface area contributed by atoms with Crippen LogP contribution in [-0.2, 0) is 17.6 Å². The average molecular weight is 365 g/mol. The first-order valence-electron chi connectivity index (χ1n) is 8.85. The van der Waals surface area contributed by atoms with E-state index in [1.165, 1.54) is 4.68 Å². The molecule has 4 rings (SSSR count). The first-order valence-corrected chi connectivity index (χ1v) is 8.85. The Morgan fingerprint density at radius 2 is 2.11 bits per heavy atom. The number of esters is 1. The van der Waals surface area contributed by atoms with E-state index >= 15 is 0 Å². The first kappa shape index (κ1) is 17.1. The number of ether oxygens (including phenoxy) is 1. The van der Waals surface area contributed by atoms with Gasteiger partial charge in [-0.2, -0.15) is 0 Å². The fourth-order valence-corrected chi connectivity index (χ4v) is 3.50. The summed E-state index contributed by atoms with van der Waals surface area (Å²) in [6.07, 6.45) is 3.08. The van der Waals surface area contributed by atoms with Crippen LogP contribution in [0.5, 0.6) is 5.75 Å². The third-order valence-corrected chi connectivity index (χ3v) is 4.71. The smallest absolute Gasteiger partial charge is 0.347 e. The van der Waals surface area contributed by atoms with E-state index in [4.69, 9.17) is 4.74 Å². The van der Waals surface area contributed by atoms with Crippen LogP contribution in [-0.4, -0.2) is 33.9 Å². The molecule has 0 aliphatic carbocycles. The van der Waals surface area contributed by atoms with Crippen LogP contribution in [0.4, 0.5) is 0 Å². The highest BCUT2D eigenvalue weighted by molar-refractivity contribution is 5.99. The summed E-state index contributed by atoms with van der Waals surface area (Å²) >= 11 is 0. The van der Waals surface area contributed by atoms with Crippen molar-refractivity contribution in [1.82, 2.24) is 9.66 Å². The number of carbonyl (C=O) groups excluding carboxylic acids is 1. The number of pyridine rings is 2. The Morgan fingerprint density at radius 3 is 2.85 bits per heavy atom. The molecule has 0 fully saturated rings. The average Bonchev–Trinajstić information content (AvgIpc) is 2.68. The van der Waals surface area contributed by atoms with Gasteiger partial charge in [-0.15, -0.1) is 0 Å². The zero-order valence-electron chi connectivity index (χ0n) is 14.9. The molecule has 0 spiro atoms. The maximum absolute atomic E-state index is 12.8. The summed E-state index contributed by atoms with van der Waals surface area (Å²) in [6.45, 7) is 2.29. The molecule has 1 aliphatic rings. The summed E-state index contributed by atoms with van der Waals surface area (Å²) in [7, 11) is 0. The van der Waals surface area contributed by atoms with Crippen molar-refractivity contribution in [1.29, 1.82) is 0 Å². The largest absolute Gasteiger partial charge is 0.505 e. The van der Waals surface area contributed by atoms with Gasteiger partial charge in [-0.25, -0.2) is 9.47 Å². The predicted octanol–water partition coefficient (Wildman–Crippen LogP) is 1.97. The lowest BCUT2D eigenvalue weighted by Gasteiger charge is -2.24. The normalized spacial score (nSPS) is 12.6. The van der Waals surface area contributed by atoms with Crippen LogP contribution in [0.25, 0.3) is 11.0 Å². The van der Waals surface area contributed by atoms with Gasteiger partial charge < -0.3 is 15.3 Å². The number of hydrogen-bond donors (Lipinski definition) is 2. The van der Waals surface area contributed by atoms with Gasteiger partial charge in [0.2, 0.25) is 0 Å². The fourth-order valence-electron chi connectivity index (χ4n) is 3.50. The third kappa shape index (κ3) is 2.81. The Hall–Kier alpha value is -3.35. The summed E-state index contributed by atoms with van der Waals surface area (Å²) in [5.41, 5.74) is 5.79. The Kier molecular flexibility index (Phi) is 4.27. The van der Waals surface area contributed by atoms with E-state index in [2.05, 4.69) is 10.4 Å². The topological polar surface area (TPSA) is 93.4 Å². The highest BCUT2D eigenvalue weighted by atomic mass is 16.5. The number of hydrogen-bond acceptors (Lipinski definition) is 6. The van der Waals surface area contributed by atoms with Gasteiger partial charge in [0.1, 0.15) is 5.52 Å². The maximum Gasteiger partial charge on any atom is 0.347 e. The molecule has 1 aromatic carbocycles. The molecule has 0 radical (unpaired) electrons. The minimum absolute atomic E-state index is 0.109. The van der Waals surface area contributed by atoms with E-state index in [-0.39, 0.29) is 12.1 Å². The van der Waals surface area contributed by atoms with E-state index in [0.717, 1.165) is 16.7 Å². The standard InChI is InChI=1S/C20H19N3O4/c1-2-27-20(26)15-18(24)16-17-14(8-9-22-23(17)19(15)25)13(11-21-16)10-12-6-4-3-5-7-12/h3-7,11,22,24H,2,8-10H2,1H3. The number of nitrogens with zero attached hydrogens (tertiary/aromatic N) is 2. The van der Waals surface area contributed by atoms with Crippen molar-refractivity contribution in [2.75, 3.05) is 18.6 Å². The van der Waals surface area contributed by atoms with E-state index in [0.29, 0.717) is 24.9 Å². The molecule has 2 N–H and O–H groups in total. The second-order valence-electron chi connectivity index (χ2n) is 6.36. The summed E-state index contributed by atoms with van der Waals surface area (Å²) in [5, 5.41) is 10.6. The molecule has 7 nitrogen and oxygen atoms in total. The molecule has 3 aromatic rings. The van der Waals surface area contributed by atoms with Crippen LogP contribution >= 0.6 is 0 Å². The van der Waals surface area contributed by atoms with Gasteiger partial charge >= 0.3 is 5.97 Å². The Morgan fingerprint density at radius 1 is 1.33 bits per heavy atom. The zero-order valence-corrected chi connectivity index (χ0v) is 14.9. The van der Waals surface area contributed by atoms with Gasteiger partial charge in [-0.1, -0.05) is 30.3 Å². The van der Waals surface area contributed by atoms with Crippen molar-refractivity contribution in [3.8, 4) is 5.75 Å². The van der Waals surface area contributed by atoms with Crippen molar-refractivity contribution < 1.29 is 14.6 Å². The molecule has 0 saturated carbocycles. The van der Waals surface area contributed by atoms with Crippen LogP contribution in [0, 0.1) is 0 Å². The van der Waals surface area contributed by atoms with E-state index < -0.39 is 22.8 Å². The lowest BCUT2D eigenvalue weighted by atomic mass is 9.97. The maximum atomic E-state index is 12.8. The van der Waals surface area contributed by atoms with Gasteiger partial charge in [0, 0.05) is 12.7 Å². The second kappa shape index (κ2) is 6.75. The Labute approximate surface area is 155 Å². The summed E-state index contributed by atoms with van der Waals surface area (Å²) in [4.78, 5) is 29.3.